The summed E-state index contributed by atoms with van der Waals surface area (Å²) >= 11 is 5.81. The monoisotopic (exact) mass is 281 g/mol. The van der Waals surface area contributed by atoms with Gasteiger partial charge in [-0.1, -0.05) is 11.6 Å². The third kappa shape index (κ3) is 4.54. The third-order valence-corrected chi connectivity index (χ3v) is 2.42. The van der Waals surface area contributed by atoms with Crippen LogP contribution < -0.4 is 10.1 Å². The van der Waals surface area contributed by atoms with Gasteiger partial charge < -0.3 is 14.5 Å². The first-order chi connectivity index (χ1) is 8.92. The summed E-state index contributed by atoms with van der Waals surface area (Å²) in [6.45, 7) is 6.87. The van der Waals surface area contributed by atoms with Crippen molar-refractivity contribution in [2.45, 2.75) is 32.9 Å². The molecule has 0 saturated carbocycles. The van der Waals surface area contributed by atoms with Gasteiger partial charge in [0, 0.05) is 24.3 Å². The van der Waals surface area contributed by atoms with Crippen LogP contribution >= 0.6 is 11.6 Å². The largest absolute Gasteiger partial charge is 0.417 e. The number of nitrogens with zero attached hydrogens (tertiary/aromatic N) is 2. The van der Waals surface area contributed by atoms with E-state index in [-0.39, 0.29) is 11.6 Å². The van der Waals surface area contributed by atoms with Gasteiger partial charge in [0.1, 0.15) is 6.26 Å². The summed E-state index contributed by atoms with van der Waals surface area (Å²) in [5.41, 5.74) is 0.802. The first kappa shape index (κ1) is 13.8. The van der Waals surface area contributed by atoms with E-state index in [9.17, 15) is 0 Å². The van der Waals surface area contributed by atoms with Gasteiger partial charge in [-0.3, -0.25) is 4.98 Å². The van der Waals surface area contributed by atoms with Gasteiger partial charge in [0.2, 0.25) is 0 Å². The lowest BCUT2D eigenvalue weighted by Gasteiger charge is -2.19. The zero-order valence-electron chi connectivity index (χ0n) is 11.1. The van der Waals surface area contributed by atoms with Crippen molar-refractivity contribution in [3.05, 3.63) is 35.4 Å². The minimum absolute atomic E-state index is 0.0246. The maximum atomic E-state index is 5.81. The molecular weight excluding hydrogens is 266 g/mol. The lowest BCUT2D eigenvalue weighted by atomic mass is 10.1. The van der Waals surface area contributed by atoms with Crippen LogP contribution in [0.1, 0.15) is 26.5 Å². The molecule has 0 amide bonds. The Morgan fingerprint density at radius 2 is 2.16 bits per heavy atom. The number of nitrogens with one attached hydrogen (secondary N) is 1. The zero-order valence-corrected chi connectivity index (χ0v) is 11.9. The van der Waals surface area contributed by atoms with E-state index in [1.54, 1.807) is 18.5 Å². The van der Waals surface area contributed by atoms with Crippen LogP contribution in [0.25, 0.3) is 0 Å². The molecule has 0 atom stereocenters. The first-order valence-electron chi connectivity index (χ1n) is 5.90. The highest BCUT2D eigenvalue weighted by atomic mass is 35.5. The van der Waals surface area contributed by atoms with Gasteiger partial charge in [-0.05, 0) is 20.8 Å². The lowest BCUT2D eigenvalue weighted by molar-refractivity contribution is 0.330. The number of pyridine rings is 1. The molecule has 1 N–H and O–H groups in total. The van der Waals surface area contributed by atoms with Crippen molar-refractivity contribution < 1.29 is 9.15 Å². The maximum Gasteiger partial charge on any atom is 0.399 e. The molecule has 0 spiro atoms. The van der Waals surface area contributed by atoms with E-state index >= 15 is 0 Å². The van der Waals surface area contributed by atoms with Crippen molar-refractivity contribution >= 4 is 11.6 Å². The topological polar surface area (TPSA) is 60.2 Å². The van der Waals surface area contributed by atoms with Crippen LogP contribution in [0, 0.1) is 0 Å². The molecule has 2 rings (SSSR count). The number of hydrogen-bond acceptors (Lipinski definition) is 5. The van der Waals surface area contributed by atoms with E-state index in [1.165, 1.54) is 6.20 Å². The molecule has 0 saturated heterocycles. The predicted molar refractivity (Wildman–Crippen MR) is 72.4 cm³/mol. The molecule has 0 fully saturated rings. The SMILES string of the molecule is CC(C)(C)NCc1coc(Oc2cncc(Cl)c2)n1. The fourth-order valence-electron chi connectivity index (χ4n) is 1.32. The van der Waals surface area contributed by atoms with E-state index < -0.39 is 0 Å². The molecule has 2 aromatic heterocycles. The number of aromatic nitrogens is 2. The predicted octanol–water partition coefficient (Wildman–Crippen LogP) is 3.40. The van der Waals surface area contributed by atoms with Crippen molar-refractivity contribution in [1.82, 2.24) is 15.3 Å². The Morgan fingerprint density at radius 3 is 2.84 bits per heavy atom. The fraction of sp³-hybridized carbons (Fsp3) is 0.385. The van der Waals surface area contributed by atoms with Crippen molar-refractivity contribution in [3.63, 3.8) is 0 Å². The van der Waals surface area contributed by atoms with Crippen LogP contribution in [0.15, 0.2) is 29.1 Å². The molecule has 0 bridgehead atoms. The second-order valence-electron chi connectivity index (χ2n) is 5.15. The summed E-state index contributed by atoms with van der Waals surface area (Å²) in [7, 11) is 0. The third-order valence-electron chi connectivity index (χ3n) is 2.22. The normalized spacial score (nSPS) is 11.6. The van der Waals surface area contributed by atoms with E-state index in [2.05, 4.69) is 36.1 Å². The summed E-state index contributed by atoms with van der Waals surface area (Å²) in [5.74, 6) is 0.490. The van der Waals surface area contributed by atoms with Gasteiger partial charge in [0.25, 0.3) is 0 Å². The van der Waals surface area contributed by atoms with Crippen LogP contribution in [0.4, 0.5) is 0 Å². The summed E-state index contributed by atoms with van der Waals surface area (Å²) in [6, 6.07) is 1.64. The van der Waals surface area contributed by atoms with Gasteiger partial charge in [-0.15, -0.1) is 0 Å². The minimum atomic E-state index is 0.0246. The summed E-state index contributed by atoms with van der Waals surface area (Å²) in [5, 5.41) is 3.81. The van der Waals surface area contributed by atoms with Crippen molar-refractivity contribution in [1.29, 1.82) is 0 Å². The first-order valence-corrected chi connectivity index (χ1v) is 6.28. The second-order valence-corrected chi connectivity index (χ2v) is 5.59. The van der Waals surface area contributed by atoms with Crippen LogP contribution in [-0.4, -0.2) is 15.5 Å². The van der Waals surface area contributed by atoms with Crippen LogP contribution in [0.3, 0.4) is 0 Å². The smallest absolute Gasteiger partial charge is 0.399 e. The summed E-state index contributed by atoms with van der Waals surface area (Å²) < 4.78 is 10.6. The van der Waals surface area contributed by atoms with E-state index in [4.69, 9.17) is 20.8 Å². The number of oxazole rings is 1. The number of ether oxygens (including phenoxy) is 1. The number of rotatable bonds is 4. The lowest BCUT2D eigenvalue weighted by Crippen LogP contribution is -2.35. The molecule has 102 valence electrons. The van der Waals surface area contributed by atoms with Crippen molar-refractivity contribution in [2.24, 2.45) is 0 Å². The van der Waals surface area contributed by atoms with Crippen LogP contribution in [0.5, 0.6) is 11.8 Å². The quantitative estimate of drug-likeness (QED) is 0.931. The highest BCUT2D eigenvalue weighted by Crippen LogP contribution is 2.22. The Kier molecular flexibility index (Phi) is 4.07. The average molecular weight is 282 g/mol. The molecule has 0 radical (unpaired) electrons. The molecule has 0 aliphatic carbocycles. The molecule has 2 heterocycles. The summed E-state index contributed by atoms with van der Waals surface area (Å²) in [4.78, 5) is 8.13. The number of hydrogen-bond donors (Lipinski definition) is 1. The molecular formula is C13H16ClN3O2. The van der Waals surface area contributed by atoms with Crippen molar-refractivity contribution in [3.8, 4) is 11.8 Å². The van der Waals surface area contributed by atoms with Crippen LogP contribution in [-0.2, 0) is 6.54 Å². The second kappa shape index (κ2) is 5.59. The zero-order chi connectivity index (χ0) is 13.9. The van der Waals surface area contributed by atoms with E-state index in [0.717, 1.165) is 5.69 Å². The molecule has 0 aromatic carbocycles. The minimum Gasteiger partial charge on any atom is -0.417 e. The molecule has 0 aliphatic heterocycles. The number of halogens is 1. The van der Waals surface area contributed by atoms with Gasteiger partial charge in [-0.25, -0.2) is 0 Å². The Labute approximate surface area is 117 Å². The Hall–Kier alpha value is -1.59. The molecule has 0 aliphatic rings. The van der Waals surface area contributed by atoms with Crippen LogP contribution in [0.2, 0.25) is 5.02 Å². The standard InChI is InChI=1S/C13H16ClN3O2/c1-13(2,3)16-6-10-8-18-12(17-10)19-11-4-9(14)5-15-7-11/h4-5,7-8,16H,6H2,1-3H3. The average Bonchev–Trinajstić information content (AvgIpc) is 2.73. The van der Waals surface area contributed by atoms with Gasteiger partial charge in [0.05, 0.1) is 16.9 Å². The molecule has 2 aromatic rings. The molecule has 19 heavy (non-hydrogen) atoms. The molecule has 5 nitrogen and oxygen atoms in total. The highest BCUT2D eigenvalue weighted by molar-refractivity contribution is 6.30. The van der Waals surface area contributed by atoms with E-state index in [1.807, 2.05) is 0 Å². The summed E-state index contributed by atoms with van der Waals surface area (Å²) in [6.07, 6.45) is 4.81. The van der Waals surface area contributed by atoms with Gasteiger partial charge in [0.15, 0.2) is 5.75 Å². The van der Waals surface area contributed by atoms with Gasteiger partial charge >= 0.3 is 6.08 Å². The molecule has 6 heteroatoms. The Bertz CT molecular complexity index is 549. The van der Waals surface area contributed by atoms with E-state index in [0.29, 0.717) is 17.3 Å². The fourth-order valence-corrected chi connectivity index (χ4v) is 1.49. The Balaban J connectivity index is 1.97. The van der Waals surface area contributed by atoms with Crippen molar-refractivity contribution in [2.75, 3.05) is 0 Å². The van der Waals surface area contributed by atoms with Gasteiger partial charge in [-0.2, -0.15) is 4.98 Å². The highest BCUT2D eigenvalue weighted by Gasteiger charge is 2.11. The maximum absolute atomic E-state index is 5.81. The molecule has 0 unspecified atom stereocenters. The Morgan fingerprint density at radius 1 is 1.37 bits per heavy atom.